The molecule has 20 heavy (non-hydrogen) atoms. The fourth-order valence-electron chi connectivity index (χ4n) is 2.11. The van der Waals surface area contributed by atoms with Crippen LogP contribution in [-0.4, -0.2) is 23.6 Å². The van der Waals surface area contributed by atoms with Crippen LogP contribution in [0.2, 0.25) is 0 Å². The zero-order chi connectivity index (χ0) is 14.1. The van der Waals surface area contributed by atoms with E-state index >= 15 is 0 Å². The molecule has 3 rings (SSSR count). The molecular weight excluding hydrogens is 278 g/mol. The number of anilines is 1. The van der Waals surface area contributed by atoms with Crippen molar-refractivity contribution in [1.82, 2.24) is 0 Å². The Morgan fingerprint density at radius 1 is 1.25 bits per heavy atom. The van der Waals surface area contributed by atoms with Crippen molar-refractivity contribution >= 4 is 28.2 Å². The van der Waals surface area contributed by atoms with Crippen molar-refractivity contribution in [3.05, 3.63) is 46.8 Å². The first-order valence-corrected chi connectivity index (χ1v) is 6.82. The standard InChI is InChI=1S/C14H11NO4S/c16-13(15-12-6-5-11(20-12)14(17)18)9-7-19-10-4-2-1-3-8(9)10/h1-6,9H,7H2,(H,15,16)(H,17,18). The lowest BCUT2D eigenvalue weighted by atomic mass is 10.0. The summed E-state index contributed by atoms with van der Waals surface area (Å²) in [4.78, 5) is 23.2. The van der Waals surface area contributed by atoms with Crippen LogP contribution >= 0.6 is 11.3 Å². The Morgan fingerprint density at radius 2 is 2.05 bits per heavy atom. The molecule has 5 nitrogen and oxygen atoms in total. The number of thiophene rings is 1. The third-order valence-electron chi connectivity index (χ3n) is 3.08. The Balaban J connectivity index is 1.75. The number of hydrogen-bond donors (Lipinski definition) is 2. The Morgan fingerprint density at radius 3 is 2.80 bits per heavy atom. The van der Waals surface area contributed by atoms with Gasteiger partial charge >= 0.3 is 5.97 Å². The number of hydrogen-bond acceptors (Lipinski definition) is 4. The van der Waals surface area contributed by atoms with Gasteiger partial charge < -0.3 is 15.2 Å². The van der Waals surface area contributed by atoms with Gasteiger partial charge in [0.25, 0.3) is 0 Å². The minimum atomic E-state index is -0.995. The first-order chi connectivity index (χ1) is 9.65. The summed E-state index contributed by atoms with van der Waals surface area (Å²) in [7, 11) is 0. The van der Waals surface area contributed by atoms with Crippen LogP contribution in [0.4, 0.5) is 5.00 Å². The molecule has 1 aromatic carbocycles. The monoisotopic (exact) mass is 289 g/mol. The zero-order valence-corrected chi connectivity index (χ0v) is 11.1. The van der Waals surface area contributed by atoms with Gasteiger partial charge in [0.1, 0.15) is 23.2 Å². The number of rotatable bonds is 3. The Hall–Kier alpha value is -2.34. The molecule has 1 aliphatic rings. The van der Waals surface area contributed by atoms with Gasteiger partial charge in [-0.2, -0.15) is 0 Å². The number of carbonyl (C=O) groups excluding carboxylic acids is 1. The quantitative estimate of drug-likeness (QED) is 0.910. The van der Waals surface area contributed by atoms with E-state index < -0.39 is 5.97 Å². The molecule has 6 heteroatoms. The van der Waals surface area contributed by atoms with Gasteiger partial charge in [-0.25, -0.2) is 4.79 Å². The highest BCUT2D eigenvalue weighted by Crippen LogP contribution is 2.34. The Labute approximate surface area is 118 Å². The SMILES string of the molecule is O=C(O)c1ccc(NC(=O)C2COc3ccccc32)s1. The number of ether oxygens (including phenoxy) is 1. The van der Waals surface area contributed by atoms with Gasteiger partial charge in [-0.3, -0.25) is 4.79 Å². The number of aromatic carboxylic acids is 1. The van der Waals surface area contributed by atoms with Crippen LogP contribution in [0.15, 0.2) is 36.4 Å². The third-order valence-corrected chi connectivity index (χ3v) is 4.07. The van der Waals surface area contributed by atoms with E-state index in [0.717, 1.165) is 22.6 Å². The van der Waals surface area contributed by atoms with Crippen molar-refractivity contribution in [2.24, 2.45) is 0 Å². The topological polar surface area (TPSA) is 75.6 Å². The maximum atomic E-state index is 12.2. The fourth-order valence-corrected chi connectivity index (χ4v) is 2.86. The van der Waals surface area contributed by atoms with Gasteiger partial charge in [0.2, 0.25) is 5.91 Å². The van der Waals surface area contributed by atoms with E-state index in [2.05, 4.69) is 5.32 Å². The summed E-state index contributed by atoms with van der Waals surface area (Å²) < 4.78 is 5.46. The molecule has 1 amide bonds. The molecule has 0 saturated heterocycles. The van der Waals surface area contributed by atoms with E-state index in [9.17, 15) is 9.59 Å². The first kappa shape index (κ1) is 12.7. The lowest BCUT2D eigenvalue weighted by molar-refractivity contribution is -0.117. The Bertz CT molecular complexity index is 679. The molecule has 0 bridgehead atoms. The molecule has 1 aromatic heterocycles. The van der Waals surface area contributed by atoms with Crippen LogP contribution < -0.4 is 10.1 Å². The maximum absolute atomic E-state index is 12.2. The summed E-state index contributed by atoms with van der Waals surface area (Å²) >= 11 is 1.04. The van der Waals surface area contributed by atoms with E-state index in [-0.39, 0.29) is 16.7 Å². The van der Waals surface area contributed by atoms with E-state index in [1.807, 2.05) is 24.3 Å². The number of para-hydroxylation sites is 1. The van der Waals surface area contributed by atoms with Crippen molar-refractivity contribution in [2.75, 3.05) is 11.9 Å². The van der Waals surface area contributed by atoms with Crippen molar-refractivity contribution in [3.8, 4) is 5.75 Å². The molecule has 0 spiro atoms. The number of benzene rings is 1. The molecule has 0 saturated carbocycles. The summed E-state index contributed by atoms with van der Waals surface area (Å²) in [6, 6.07) is 10.5. The van der Waals surface area contributed by atoms with E-state index in [1.54, 1.807) is 6.07 Å². The van der Waals surface area contributed by atoms with Gasteiger partial charge in [0.15, 0.2) is 0 Å². The van der Waals surface area contributed by atoms with Crippen molar-refractivity contribution in [1.29, 1.82) is 0 Å². The molecule has 2 aromatic rings. The predicted octanol–water partition coefficient (Wildman–Crippen LogP) is 2.56. The lowest BCUT2D eigenvalue weighted by Crippen LogP contribution is -2.21. The van der Waals surface area contributed by atoms with E-state index in [4.69, 9.17) is 9.84 Å². The molecule has 0 aliphatic carbocycles. The van der Waals surface area contributed by atoms with Crippen LogP contribution in [0.3, 0.4) is 0 Å². The van der Waals surface area contributed by atoms with Crippen LogP contribution in [0.25, 0.3) is 0 Å². The summed E-state index contributed by atoms with van der Waals surface area (Å²) in [5, 5.41) is 12.1. The molecule has 1 unspecified atom stereocenters. The highest BCUT2D eigenvalue weighted by molar-refractivity contribution is 7.18. The summed E-state index contributed by atoms with van der Waals surface area (Å²) in [5.41, 5.74) is 0.861. The van der Waals surface area contributed by atoms with Gasteiger partial charge in [0, 0.05) is 5.56 Å². The average molecular weight is 289 g/mol. The molecule has 2 heterocycles. The zero-order valence-electron chi connectivity index (χ0n) is 10.3. The average Bonchev–Trinajstić information content (AvgIpc) is 3.04. The van der Waals surface area contributed by atoms with Crippen LogP contribution in [0, 0.1) is 0 Å². The smallest absolute Gasteiger partial charge is 0.345 e. The van der Waals surface area contributed by atoms with Gasteiger partial charge in [-0.15, -0.1) is 11.3 Å². The van der Waals surface area contributed by atoms with E-state index in [0.29, 0.717) is 11.6 Å². The molecule has 1 aliphatic heterocycles. The highest BCUT2D eigenvalue weighted by atomic mass is 32.1. The summed E-state index contributed by atoms with van der Waals surface area (Å²) in [6.07, 6.45) is 0. The third kappa shape index (κ3) is 2.25. The maximum Gasteiger partial charge on any atom is 0.345 e. The second-order valence-corrected chi connectivity index (χ2v) is 5.44. The number of carbonyl (C=O) groups is 2. The molecular formula is C14H11NO4S. The molecule has 0 radical (unpaired) electrons. The van der Waals surface area contributed by atoms with Crippen molar-refractivity contribution in [2.45, 2.75) is 5.92 Å². The van der Waals surface area contributed by atoms with Gasteiger partial charge in [-0.05, 0) is 18.2 Å². The van der Waals surface area contributed by atoms with Crippen molar-refractivity contribution in [3.63, 3.8) is 0 Å². The molecule has 102 valence electrons. The lowest BCUT2D eigenvalue weighted by Gasteiger charge is -2.08. The molecule has 2 N–H and O–H groups in total. The van der Waals surface area contributed by atoms with Gasteiger partial charge in [-0.1, -0.05) is 18.2 Å². The number of amides is 1. The van der Waals surface area contributed by atoms with Crippen molar-refractivity contribution < 1.29 is 19.4 Å². The Kier molecular flexibility index (Phi) is 3.15. The number of nitrogens with one attached hydrogen (secondary N) is 1. The van der Waals surface area contributed by atoms with Crippen LogP contribution in [0.1, 0.15) is 21.2 Å². The number of fused-ring (bicyclic) bond motifs is 1. The summed E-state index contributed by atoms with van der Waals surface area (Å²) in [5.74, 6) is -0.814. The predicted molar refractivity (Wildman–Crippen MR) is 74.6 cm³/mol. The highest BCUT2D eigenvalue weighted by Gasteiger charge is 2.30. The minimum absolute atomic E-state index is 0.186. The van der Waals surface area contributed by atoms with Gasteiger partial charge in [0.05, 0.1) is 5.00 Å². The molecule has 1 atom stereocenters. The fraction of sp³-hybridized carbons (Fsp3) is 0.143. The molecule has 0 fully saturated rings. The summed E-state index contributed by atoms with van der Waals surface area (Å²) in [6.45, 7) is 0.308. The minimum Gasteiger partial charge on any atom is -0.492 e. The van der Waals surface area contributed by atoms with Crippen LogP contribution in [0.5, 0.6) is 5.75 Å². The number of carboxylic acids is 1. The largest absolute Gasteiger partial charge is 0.492 e. The first-order valence-electron chi connectivity index (χ1n) is 6.01. The second-order valence-electron chi connectivity index (χ2n) is 4.36. The van der Waals surface area contributed by atoms with E-state index in [1.165, 1.54) is 6.07 Å². The second kappa shape index (κ2) is 4.97. The van der Waals surface area contributed by atoms with Crippen LogP contribution in [-0.2, 0) is 4.79 Å². The number of carboxylic acid groups (broad SMARTS) is 1. The normalized spacial score (nSPS) is 16.3.